The molecule has 0 saturated carbocycles. The lowest BCUT2D eigenvalue weighted by atomic mass is 10.7. The first-order valence-electron chi connectivity index (χ1n) is 1.24. The number of halogens is 3. The minimum atomic E-state index is -5.08. The van der Waals surface area contributed by atoms with Gasteiger partial charge in [-0.25, -0.2) is 4.79 Å². The Morgan fingerprint density at radius 3 is 1.50 bits per heavy atom. The summed E-state index contributed by atoms with van der Waals surface area (Å²) in [6.45, 7) is 0. The number of hydrogen-bond donors (Lipinski definition) is 1. The Bertz CT molecular complexity index is 87.8. The largest absolute Gasteiger partial charge is 0.490 e. The second-order valence-electron chi connectivity index (χ2n) is 0.803. The van der Waals surface area contributed by atoms with Gasteiger partial charge in [-0.15, -0.1) is 0 Å². The Hall–Kier alpha value is -0.675. The fourth-order valence-electron chi connectivity index (χ4n) is 0. The molecule has 0 aliphatic heterocycles. The van der Waals surface area contributed by atoms with E-state index < -0.39 is 12.1 Å². The first-order chi connectivity index (χ1) is 2.94. The topological polar surface area (TPSA) is 37.3 Å². The van der Waals surface area contributed by atoms with E-state index in [1.807, 2.05) is 0 Å². The molecule has 0 aliphatic rings. The zero-order valence-electron chi connectivity index (χ0n) is 3.57. The Labute approximate surface area is 44.9 Å². The highest BCUT2D eigenvalue weighted by atomic mass is 19.4. The Kier molecular flexibility index (Phi) is 3.34. The van der Waals surface area contributed by atoms with E-state index in [9.17, 15) is 13.2 Å². The molecule has 0 bridgehead atoms. The summed E-state index contributed by atoms with van der Waals surface area (Å²) in [6, 6.07) is 0. The van der Waals surface area contributed by atoms with Crippen LogP contribution in [0.2, 0.25) is 0 Å². The molecule has 0 rings (SSSR count). The summed E-state index contributed by atoms with van der Waals surface area (Å²) >= 11 is 0. The van der Waals surface area contributed by atoms with E-state index in [2.05, 4.69) is 0 Å². The van der Waals surface area contributed by atoms with Crippen molar-refractivity contribution in [3.8, 4) is 0 Å². The first-order valence-corrected chi connectivity index (χ1v) is 1.24. The maximum Gasteiger partial charge on any atom is 0.490 e. The zero-order chi connectivity index (χ0) is 6.08. The molecule has 8 heavy (non-hydrogen) atoms. The molecule has 0 spiro atoms. The van der Waals surface area contributed by atoms with Crippen molar-refractivity contribution in [1.29, 1.82) is 0 Å². The molecule has 45 valence electrons. The van der Waals surface area contributed by atoms with Crippen LogP contribution in [0, 0.1) is 0 Å². The van der Waals surface area contributed by atoms with Crippen LogP contribution >= 0.6 is 0 Å². The molecule has 0 aromatic rings. The molecule has 0 saturated heterocycles. The summed E-state index contributed by atoms with van der Waals surface area (Å²) < 4.78 is 31.7. The standard InChI is InChI=1S/C2HF3O2.B/c3-2(4,5)1(6)7;/h(H,6,7);. The Balaban J connectivity index is 0. The molecule has 6 heteroatoms. The summed E-state index contributed by atoms with van der Waals surface area (Å²) in [5.41, 5.74) is 0. The van der Waals surface area contributed by atoms with Crippen LogP contribution in [0.3, 0.4) is 0 Å². The molecule has 1 N–H and O–H groups in total. The molecule has 3 radical (unpaired) electrons. The van der Waals surface area contributed by atoms with Gasteiger partial charge in [-0.2, -0.15) is 13.2 Å². The highest BCUT2D eigenvalue weighted by Gasteiger charge is 2.38. The molecule has 0 aromatic carbocycles. The van der Waals surface area contributed by atoms with Crippen LogP contribution in [0.15, 0.2) is 0 Å². The molecule has 0 fully saturated rings. The molecule has 2 nitrogen and oxygen atoms in total. The number of rotatable bonds is 0. The Morgan fingerprint density at radius 2 is 1.50 bits per heavy atom. The lowest BCUT2D eigenvalue weighted by Crippen LogP contribution is -2.21. The smallest absolute Gasteiger partial charge is 0.475 e. The molecular weight excluding hydrogens is 124 g/mol. The number of hydrogen-bond acceptors (Lipinski definition) is 1. The van der Waals surface area contributed by atoms with Gasteiger partial charge < -0.3 is 5.11 Å². The summed E-state index contributed by atoms with van der Waals surface area (Å²) in [7, 11) is 0. The minimum absolute atomic E-state index is 0. The molecule has 0 aromatic heterocycles. The van der Waals surface area contributed by atoms with E-state index in [1.165, 1.54) is 0 Å². The second-order valence-corrected chi connectivity index (χ2v) is 0.803. The average Bonchev–Trinajstić information content (AvgIpc) is 1.31. The molecule has 0 atom stereocenters. The molecule has 0 amide bonds. The fraction of sp³-hybridized carbons (Fsp3) is 0.500. The molecule has 0 heterocycles. The van der Waals surface area contributed by atoms with Gasteiger partial charge in [-0.05, 0) is 0 Å². The highest BCUT2D eigenvalue weighted by Crippen LogP contribution is 2.13. The van der Waals surface area contributed by atoms with E-state index in [0.29, 0.717) is 0 Å². The van der Waals surface area contributed by atoms with Crippen LogP contribution in [0.1, 0.15) is 0 Å². The normalized spacial score (nSPS) is 9.88. The van der Waals surface area contributed by atoms with Crippen LogP contribution in [0.4, 0.5) is 13.2 Å². The summed E-state index contributed by atoms with van der Waals surface area (Å²) in [6.07, 6.45) is -5.08. The summed E-state index contributed by atoms with van der Waals surface area (Å²) in [4.78, 5) is 8.90. The number of carboxylic acids is 1. The van der Waals surface area contributed by atoms with Gasteiger partial charge in [0.05, 0.1) is 0 Å². The third-order valence-electron chi connectivity index (χ3n) is 0.243. The second kappa shape index (κ2) is 2.59. The van der Waals surface area contributed by atoms with Gasteiger partial charge in [0.2, 0.25) is 0 Å². The van der Waals surface area contributed by atoms with E-state index in [4.69, 9.17) is 9.90 Å². The van der Waals surface area contributed by atoms with E-state index in [0.717, 1.165) is 0 Å². The predicted octanol–water partition coefficient (Wildman–Crippen LogP) is 0.253. The minimum Gasteiger partial charge on any atom is -0.475 e. The van der Waals surface area contributed by atoms with Gasteiger partial charge in [0.1, 0.15) is 0 Å². The SMILES string of the molecule is O=C(O)C(F)(F)F.[B]. The molecule has 0 unspecified atom stereocenters. The van der Waals surface area contributed by atoms with Crippen LogP contribution in [-0.2, 0) is 4.79 Å². The number of carboxylic acid groups (broad SMARTS) is 1. The maximum absolute atomic E-state index is 10.6. The number of aliphatic carboxylic acids is 1. The van der Waals surface area contributed by atoms with Gasteiger partial charge in [0.25, 0.3) is 0 Å². The summed E-state index contributed by atoms with van der Waals surface area (Å²) in [5, 5.41) is 7.12. The third-order valence-corrected chi connectivity index (χ3v) is 0.243. The van der Waals surface area contributed by atoms with Crippen molar-refractivity contribution in [2.75, 3.05) is 0 Å². The predicted molar refractivity (Wildman–Crippen MR) is 19.4 cm³/mol. The van der Waals surface area contributed by atoms with E-state index in [-0.39, 0.29) is 8.41 Å². The van der Waals surface area contributed by atoms with Crippen LogP contribution in [-0.4, -0.2) is 25.7 Å². The van der Waals surface area contributed by atoms with Crippen molar-refractivity contribution in [3.63, 3.8) is 0 Å². The number of alkyl halides is 3. The number of carbonyl (C=O) groups is 1. The van der Waals surface area contributed by atoms with Crippen molar-refractivity contribution in [2.24, 2.45) is 0 Å². The lowest BCUT2D eigenvalue weighted by molar-refractivity contribution is -0.192. The zero-order valence-corrected chi connectivity index (χ0v) is 3.57. The maximum atomic E-state index is 10.6. The van der Waals surface area contributed by atoms with Crippen molar-refractivity contribution in [2.45, 2.75) is 6.18 Å². The van der Waals surface area contributed by atoms with Gasteiger partial charge in [0, 0.05) is 8.41 Å². The average molecular weight is 125 g/mol. The fourth-order valence-corrected chi connectivity index (χ4v) is 0. The van der Waals surface area contributed by atoms with Crippen LogP contribution in [0.5, 0.6) is 0 Å². The third kappa shape index (κ3) is 3.51. The van der Waals surface area contributed by atoms with Crippen molar-refractivity contribution in [3.05, 3.63) is 0 Å². The Morgan fingerprint density at radius 1 is 1.38 bits per heavy atom. The lowest BCUT2D eigenvalue weighted by Gasteiger charge is -1.93. The van der Waals surface area contributed by atoms with E-state index >= 15 is 0 Å². The monoisotopic (exact) mass is 125 g/mol. The molecule has 0 aliphatic carbocycles. The van der Waals surface area contributed by atoms with Gasteiger partial charge in [-0.1, -0.05) is 0 Å². The van der Waals surface area contributed by atoms with Crippen molar-refractivity contribution in [1.82, 2.24) is 0 Å². The van der Waals surface area contributed by atoms with Crippen LogP contribution in [0.25, 0.3) is 0 Å². The molecular formula is C2HBF3O2. The highest BCUT2D eigenvalue weighted by molar-refractivity contribution is 5.75. The quantitative estimate of drug-likeness (QED) is 0.471. The summed E-state index contributed by atoms with van der Waals surface area (Å²) in [5.74, 6) is -2.76. The van der Waals surface area contributed by atoms with Crippen LogP contribution < -0.4 is 0 Å². The van der Waals surface area contributed by atoms with Gasteiger partial charge in [-0.3, -0.25) is 0 Å². The van der Waals surface area contributed by atoms with Crippen molar-refractivity contribution >= 4 is 14.4 Å². The van der Waals surface area contributed by atoms with Gasteiger partial charge in [0.15, 0.2) is 0 Å². The first kappa shape index (κ1) is 10.3. The van der Waals surface area contributed by atoms with Gasteiger partial charge >= 0.3 is 12.1 Å². The van der Waals surface area contributed by atoms with Crippen molar-refractivity contribution < 1.29 is 23.1 Å². The van der Waals surface area contributed by atoms with E-state index in [1.54, 1.807) is 0 Å².